The van der Waals surface area contributed by atoms with Crippen LogP contribution in [0.3, 0.4) is 0 Å². The SMILES string of the molecule is Cc1ccc2c(c1)c1ccccc1n2-c1ccnc(-c2cc(-c3nc(-c4ccccc4)nc(-c4ccccc4)n3)ccc2-n2c3ccccc3c3cc(C)ccc32)c1. The highest BCUT2D eigenvalue weighted by Crippen LogP contribution is 2.39. The van der Waals surface area contributed by atoms with Gasteiger partial charge < -0.3 is 9.13 Å². The molecule has 274 valence electrons. The highest BCUT2D eigenvalue weighted by atomic mass is 15.0. The second-order valence-electron chi connectivity index (χ2n) is 14.9. The lowest BCUT2D eigenvalue weighted by Crippen LogP contribution is -2.03. The minimum atomic E-state index is 0.590. The van der Waals surface area contributed by atoms with Gasteiger partial charge in [0.25, 0.3) is 0 Å². The molecule has 0 aliphatic carbocycles. The summed E-state index contributed by atoms with van der Waals surface area (Å²) in [5.41, 5.74) is 13.6. The van der Waals surface area contributed by atoms with E-state index in [1.165, 1.54) is 32.7 Å². The second-order valence-corrected chi connectivity index (χ2v) is 14.9. The van der Waals surface area contributed by atoms with E-state index in [0.717, 1.165) is 61.4 Å². The molecule has 0 bridgehead atoms. The third-order valence-electron chi connectivity index (χ3n) is 11.1. The molecule has 0 atom stereocenters. The van der Waals surface area contributed by atoms with E-state index in [1.54, 1.807) is 0 Å². The van der Waals surface area contributed by atoms with Gasteiger partial charge >= 0.3 is 0 Å². The monoisotopic (exact) mass is 744 g/mol. The van der Waals surface area contributed by atoms with E-state index in [9.17, 15) is 0 Å². The lowest BCUT2D eigenvalue weighted by molar-refractivity contribution is 1.07. The molecule has 0 spiro atoms. The van der Waals surface area contributed by atoms with E-state index in [0.29, 0.717) is 17.5 Å². The molecule has 0 fully saturated rings. The van der Waals surface area contributed by atoms with Gasteiger partial charge in [0.1, 0.15) is 0 Å². The summed E-state index contributed by atoms with van der Waals surface area (Å²) in [4.78, 5) is 20.3. The molecule has 0 radical (unpaired) electrons. The van der Waals surface area contributed by atoms with Gasteiger partial charge in [0.2, 0.25) is 0 Å². The smallest absolute Gasteiger partial charge is 0.164 e. The Morgan fingerprint density at radius 2 is 0.879 bits per heavy atom. The molecule has 11 rings (SSSR count). The third kappa shape index (κ3) is 5.57. The Labute approximate surface area is 335 Å². The number of aryl methyl sites for hydroxylation is 2. The lowest BCUT2D eigenvalue weighted by Gasteiger charge is -2.17. The normalized spacial score (nSPS) is 11.6. The Morgan fingerprint density at radius 3 is 1.48 bits per heavy atom. The number of pyridine rings is 1. The molecule has 6 nitrogen and oxygen atoms in total. The van der Waals surface area contributed by atoms with E-state index >= 15 is 0 Å². The average molecular weight is 745 g/mol. The molecule has 7 aromatic carbocycles. The Bertz CT molecular complexity index is 3300. The Hall–Kier alpha value is -7.70. The van der Waals surface area contributed by atoms with Crippen molar-refractivity contribution in [3.63, 3.8) is 0 Å². The number of nitrogens with zero attached hydrogens (tertiary/aromatic N) is 6. The molecule has 0 aliphatic rings. The van der Waals surface area contributed by atoms with Gasteiger partial charge in [-0.05, 0) is 80.6 Å². The first-order valence-electron chi connectivity index (χ1n) is 19.6. The van der Waals surface area contributed by atoms with Crippen LogP contribution in [0, 0.1) is 13.8 Å². The highest BCUT2D eigenvalue weighted by Gasteiger charge is 2.21. The first kappa shape index (κ1) is 33.6. The molecule has 11 aromatic rings. The fourth-order valence-corrected chi connectivity index (χ4v) is 8.43. The van der Waals surface area contributed by atoms with Crippen molar-refractivity contribution in [3.05, 3.63) is 193 Å². The number of rotatable bonds is 6. The summed E-state index contributed by atoms with van der Waals surface area (Å²) in [6.45, 7) is 4.30. The van der Waals surface area contributed by atoms with Crippen molar-refractivity contribution in [2.45, 2.75) is 13.8 Å². The predicted octanol–water partition coefficient (Wildman–Crippen LogP) is 12.7. The van der Waals surface area contributed by atoms with Crippen LogP contribution in [0.4, 0.5) is 0 Å². The molecule has 0 saturated carbocycles. The number of fused-ring (bicyclic) bond motifs is 6. The predicted molar refractivity (Wildman–Crippen MR) is 238 cm³/mol. The standard InChI is InChI=1S/C52H36N6/c1-33-21-24-47-41(29-33)39-17-9-11-19-45(39)57(47)38-27-28-53-44(32-38)43-31-37(23-26-49(43)58-46-20-12-10-18-40(46)42-30-34(2)22-25-48(42)58)52-55-50(35-13-5-3-6-14-35)54-51(56-52)36-15-7-4-8-16-36/h3-32H,1-2H3. The van der Waals surface area contributed by atoms with Crippen LogP contribution in [0.25, 0.3) is 100 Å². The van der Waals surface area contributed by atoms with Gasteiger partial charge in [-0.1, -0.05) is 120 Å². The van der Waals surface area contributed by atoms with Gasteiger partial charge in [-0.25, -0.2) is 15.0 Å². The van der Waals surface area contributed by atoms with Crippen molar-refractivity contribution >= 4 is 43.6 Å². The summed E-state index contributed by atoms with van der Waals surface area (Å²) >= 11 is 0. The molecule has 0 aliphatic heterocycles. The van der Waals surface area contributed by atoms with Crippen LogP contribution >= 0.6 is 0 Å². The van der Waals surface area contributed by atoms with E-state index in [-0.39, 0.29) is 0 Å². The summed E-state index contributed by atoms with van der Waals surface area (Å²) in [6, 6.07) is 61.8. The summed E-state index contributed by atoms with van der Waals surface area (Å²) in [7, 11) is 0. The number of hydrogen-bond donors (Lipinski definition) is 0. The average Bonchev–Trinajstić information content (AvgIpc) is 3.78. The fourth-order valence-electron chi connectivity index (χ4n) is 8.43. The zero-order chi connectivity index (χ0) is 38.7. The molecule has 4 heterocycles. The molecule has 0 unspecified atom stereocenters. The summed E-state index contributed by atoms with van der Waals surface area (Å²) in [6.07, 6.45) is 1.93. The molecule has 58 heavy (non-hydrogen) atoms. The van der Waals surface area contributed by atoms with Crippen molar-refractivity contribution in [3.8, 4) is 56.8 Å². The van der Waals surface area contributed by atoms with Crippen molar-refractivity contribution in [2.24, 2.45) is 0 Å². The number of para-hydroxylation sites is 2. The Kier molecular flexibility index (Phi) is 7.83. The minimum absolute atomic E-state index is 0.590. The van der Waals surface area contributed by atoms with E-state index in [2.05, 4.69) is 138 Å². The molecule has 0 N–H and O–H groups in total. The highest BCUT2D eigenvalue weighted by molar-refractivity contribution is 6.11. The maximum Gasteiger partial charge on any atom is 0.164 e. The molecule has 4 aromatic heterocycles. The Morgan fingerprint density at radius 1 is 0.379 bits per heavy atom. The van der Waals surface area contributed by atoms with Crippen LogP contribution in [-0.2, 0) is 0 Å². The van der Waals surface area contributed by atoms with Crippen molar-refractivity contribution in [2.75, 3.05) is 0 Å². The van der Waals surface area contributed by atoms with Gasteiger partial charge in [-0.3, -0.25) is 4.98 Å². The van der Waals surface area contributed by atoms with E-state index in [4.69, 9.17) is 19.9 Å². The number of hydrogen-bond acceptors (Lipinski definition) is 4. The fraction of sp³-hybridized carbons (Fsp3) is 0.0385. The maximum atomic E-state index is 5.12. The summed E-state index contributed by atoms with van der Waals surface area (Å²) < 4.78 is 4.73. The van der Waals surface area contributed by atoms with Gasteiger partial charge in [0.05, 0.1) is 33.4 Å². The van der Waals surface area contributed by atoms with Crippen LogP contribution < -0.4 is 0 Å². The largest absolute Gasteiger partial charge is 0.309 e. The zero-order valence-electron chi connectivity index (χ0n) is 32.0. The van der Waals surface area contributed by atoms with Gasteiger partial charge in [0, 0.05) is 55.7 Å². The maximum absolute atomic E-state index is 5.12. The van der Waals surface area contributed by atoms with Crippen molar-refractivity contribution < 1.29 is 0 Å². The van der Waals surface area contributed by atoms with Gasteiger partial charge in [-0.2, -0.15) is 0 Å². The molecule has 0 saturated heterocycles. The first-order chi connectivity index (χ1) is 28.6. The van der Waals surface area contributed by atoms with Crippen LogP contribution in [-0.4, -0.2) is 29.1 Å². The van der Waals surface area contributed by atoms with E-state index in [1.807, 2.05) is 66.9 Å². The van der Waals surface area contributed by atoms with Crippen LogP contribution in [0.2, 0.25) is 0 Å². The number of benzene rings is 7. The van der Waals surface area contributed by atoms with Crippen molar-refractivity contribution in [1.29, 1.82) is 0 Å². The molecule has 6 heteroatoms. The van der Waals surface area contributed by atoms with E-state index < -0.39 is 0 Å². The third-order valence-corrected chi connectivity index (χ3v) is 11.1. The lowest BCUT2D eigenvalue weighted by atomic mass is 10.0. The zero-order valence-corrected chi connectivity index (χ0v) is 32.0. The number of aromatic nitrogens is 6. The molecular formula is C52H36N6. The van der Waals surface area contributed by atoms with Crippen molar-refractivity contribution in [1.82, 2.24) is 29.1 Å². The Balaban J connectivity index is 1.18. The van der Waals surface area contributed by atoms with Crippen LogP contribution in [0.5, 0.6) is 0 Å². The van der Waals surface area contributed by atoms with Crippen LogP contribution in [0.15, 0.2) is 182 Å². The summed E-state index contributed by atoms with van der Waals surface area (Å²) in [5.74, 6) is 1.83. The molecular weight excluding hydrogens is 709 g/mol. The van der Waals surface area contributed by atoms with Crippen LogP contribution in [0.1, 0.15) is 11.1 Å². The molecule has 0 amide bonds. The first-order valence-corrected chi connectivity index (χ1v) is 19.6. The quantitative estimate of drug-likeness (QED) is 0.170. The summed E-state index contributed by atoms with van der Waals surface area (Å²) in [5, 5.41) is 4.87. The second kappa shape index (κ2) is 13.5. The van der Waals surface area contributed by atoms with Gasteiger partial charge in [0.15, 0.2) is 17.5 Å². The van der Waals surface area contributed by atoms with Gasteiger partial charge in [-0.15, -0.1) is 0 Å². The topological polar surface area (TPSA) is 61.4 Å². The minimum Gasteiger partial charge on any atom is -0.309 e.